The zero-order chi connectivity index (χ0) is 57.1. The summed E-state index contributed by atoms with van der Waals surface area (Å²) in [5.41, 5.74) is 0. The summed E-state index contributed by atoms with van der Waals surface area (Å²) in [7, 11) is 0. The molecule has 0 saturated heterocycles. The Morgan fingerprint density at radius 2 is 0.519 bits per heavy atom. The molecule has 79 heavy (non-hydrogen) atoms. The summed E-state index contributed by atoms with van der Waals surface area (Å²) in [5.74, 6) is -1.03. The van der Waals surface area contributed by atoms with E-state index in [1.165, 1.54) is 103 Å². The van der Waals surface area contributed by atoms with Gasteiger partial charge in [0.1, 0.15) is 13.2 Å². The predicted molar refractivity (Wildman–Crippen MR) is 343 cm³/mol. The van der Waals surface area contributed by atoms with Crippen LogP contribution in [0, 0.1) is 0 Å². The zero-order valence-electron chi connectivity index (χ0n) is 51.1. The molecular formula is C73H118O6. The van der Waals surface area contributed by atoms with Gasteiger partial charge in [0.25, 0.3) is 0 Å². The van der Waals surface area contributed by atoms with Crippen LogP contribution in [0.15, 0.2) is 146 Å². The topological polar surface area (TPSA) is 78.9 Å². The van der Waals surface area contributed by atoms with Gasteiger partial charge in [-0.2, -0.15) is 0 Å². The highest BCUT2D eigenvalue weighted by atomic mass is 16.6. The van der Waals surface area contributed by atoms with Gasteiger partial charge in [0.2, 0.25) is 0 Å². The first kappa shape index (κ1) is 74.3. The molecule has 0 aliphatic heterocycles. The van der Waals surface area contributed by atoms with E-state index in [2.05, 4.69) is 161 Å². The van der Waals surface area contributed by atoms with Crippen LogP contribution in [0.25, 0.3) is 0 Å². The van der Waals surface area contributed by atoms with Crippen LogP contribution in [0.1, 0.15) is 278 Å². The molecule has 0 N–H and O–H groups in total. The van der Waals surface area contributed by atoms with Crippen molar-refractivity contribution in [3.05, 3.63) is 146 Å². The highest BCUT2D eigenvalue weighted by molar-refractivity contribution is 5.71. The minimum atomic E-state index is -0.836. The Balaban J connectivity index is 4.54. The van der Waals surface area contributed by atoms with Crippen molar-refractivity contribution in [1.29, 1.82) is 0 Å². The second-order valence-electron chi connectivity index (χ2n) is 20.9. The van der Waals surface area contributed by atoms with Crippen LogP contribution in [0.3, 0.4) is 0 Å². The molecule has 0 aromatic rings. The number of allylic oxidation sites excluding steroid dienone is 24. The number of esters is 3. The molecule has 1 unspecified atom stereocenters. The lowest BCUT2D eigenvalue weighted by Gasteiger charge is -2.18. The predicted octanol–water partition coefficient (Wildman–Crippen LogP) is 22.3. The smallest absolute Gasteiger partial charge is 0.306 e. The summed E-state index contributed by atoms with van der Waals surface area (Å²) < 4.78 is 16.8. The second kappa shape index (κ2) is 65.8. The number of hydrogen-bond acceptors (Lipinski definition) is 6. The molecule has 0 aromatic heterocycles. The van der Waals surface area contributed by atoms with E-state index in [1.807, 2.05) is 6.08 Å². The number of ether oxygens (including phenoxy) is 3. The molecule has 0 rings (SSSR count). The molecule has 446 valence electrons. The molecule has 0 aliphatic rings. The van der Waals surface area contributed by atoms with Crippen molar-refractivity contribution in [3.63, 3.8) is 0 Å². The maximum atomic E-state index is 12.9. The SMILES string of the molecule is CC/C=C\C/C=C\C/C=C\C/C=C\C/C=C\C/C=C\CCCCCCC(=O)OCC(COC(=O)CCCCCCCCCCCCCCCCCCCCC)OC(=O)CC/C=C\C/C=C\C/C=C\C/C=C\C/C=C\C/C=C\CC. The van der Waals surface area contributed by atoms with Crippen molar-refractivity contribution in [3.8, 4) is 0 Å². The minimum absolute atomic E-state index is 0.120. The van der Waals surface area contributed by atoms with Gasteiger partial charge in [0.05, 0.1) is 0 Å². The summed E-state index contributed by atoms with van der Waals surface area (Å²) in [6.45, 7) is 6.35. The van der Waals surface area contributed by atoms with Crippen molar-refractivity contribution < 1.29 is 28.6 Å². The van der Waals surface area contributed by atoms with Crippen LogP contribution in [0.5, 0.6) is 0 Å². The standard InChI is InChI=1S/C73H118O6/c1-4-7-10-13-16-19-22-25-28-31-34-35-36-37-40-42-45-48-51-54-57-60-63-66-72(75)78-69-70(79-73(76)67-64-61-58-55-52-49-46-43-39-33-30-27-24-21-18-15-12-9-6-3)68-77-71(74)65-62-59-56-53-50-47-44-41-38-32-29-26-23-20-17-14-11-8-5-2/h7,9-10,12,16,18-19,21,25,27-28,30,34-35,37,39-40,43,45,48-49,52,58,61,70H,4-6,8,11,13-15,17,20,22-24,26,29,31-33,36,38,41-42,44,46-47,50-51,53-57,59-60,62-69H2,1-3H3/b10-7-,12-9-,19-16-,21-18-,28-25-,30-27-,35-34-,40-37-,43-39-,48-45-,52-49-,61-58-. The quantitative estimate of drug-likeness (QED) is 0.0261. The average Bonchev–Trinajstić information content (AvgIpc) is 3.45. The monoisotopic (exact) mass is 1090 g/mol. The Labute approximate surface area is 487 Å². The Hall–Kier alpha value is -4.71. The van der Waals surface area contributed by atoms with Gasteiger partial charge in [-0.25, -0.2) is 0 Å². The molecular weight excluding hydrogens is 973 g/mol. The first-order chi connectivity index (χ1) is 39.0. The van der Waals surface area contributed by atoms with Gasteiger partial charge in [-0.05, 0) is 109 Å². The summed E-state index contributed by atoms with van der Waals surface area (Å²) in [6, 6.07) is 0. The molecule has 0 bridgehead atoms. The maximum Gasteiger partial charge on any atom is 0.306 e. The van der Waals surface area contributed by atoms with Crippen molar-refractivity contribution in [1.82, 2.24) is 0 Å². The van der Waals surface area contributed by atoms with Gasteiger partial charge in [0.15, 0.2) is 6.10 Å². The fraction of sp³-hybridized carbons (Fsp3) is 0.630. The summed E-state index contributed by atoms with van der Waals surface area (Å²) >= 11 is 0. The Kier molecular flexibility index (Phi) is 61.9. The Morgan fingerprint density at radius 1 is 0.266 bits per heavy atom. The van der Waals surface area contributed by atoms with Crippen molar-refractivity contribution in [2.45, 2.75) is 284 Å². The van der Waals surface area contributed by atoms with Gasteiger partial charge in [-0.3, -0.25) is 14.4 Å². The van der Waals surface area contributed by atoms with Crippen molar-refractivity contribution in [2.24, 2.45) is 0 Å². The minimum Gasteiger partial charge on any atom is -0.462 e. The molecule has 0 aromatic carbocycles. The zero-order valence-corrected chi connectivity index (χ0v) is 51.1. The largest absolute Gasteiger partial charge is 0.462 e. The van der Waals surface area contributed by atoms with E-state index in [4.69, 9.17) is 14.2 Å². The molecule has 0 radical (unpaired) electrons. The number of unbranched alkanes of at least 4 members (excludes halogenated alkanes) is 22. The lowest BCUT2D eigenvalue weighted by molar-refractivity contribution is -0.166. The fourth-order valence-electron chi connectivity index (χ4n) is 8.59. The van der Waals surface area contributed by atoms with E-state index in [0.717, 1.165) is 128 Å². The lowest BCUT2D eigenvalue weighted by Crippen LogP contribution is -2.30. The second-order valence-corrected chi connectivity index (χ2v) is 20.9. The van der Waals surface area contributed by atoms with E-state index in [0.29, 0.717) is 19.3 Å². The summed E-state index contributed by atoms with van der Waals surface area (Å²) in [5, 5.41) is 0. The highest BCUT2D eigenvalue weighted by Gasteiger charge is 2.19. The number of hydrogen-bond donors (Lipinski definition) is 0. The van der Waals surface area contributed by atoms with Crippen molar-refractivity contribution >= 4 is 17.9 Å². The third-order valence-electron chi connectivity index (χ3n) is 13.4. The van der Waals surface area contributed by atoms with Gasteiger partial charge >= 0.3 is 17.9 Å². The maximum absolute atomic E-state index is 12.9. The van der Waals surface area contributed by atoms with E-state index in [1.54, 1.807) is 0 Å². The van der Waals surface area contributed by atoms with E-state index in [-0.39, 0.29) is 31.6 Å². The summed E-state index contributed by atoms with van der Waals surface area (Å²) in [4.78, 5) is 38.3. The first-order valence-corrected chi connectivity index (χ1v) is 32.3. The molecule has 6 nitrogen and oxygen atoms in total. The molecule has 0 aliphatic carbocycles. The van der Waals surface area contributed by atoms with Crippen LogP contribution in [0.2, 0.25) is 0 Å². The lowest BCUT2D eigenvalue weighted by atomic mass is 10.0. The third kappa shape index (κ3) is 64.0. The van der Waals surface area contributed by atoms with Crippen LogP contribution in [-0.4, -0.2) is 37.2 Å². The highest BCUT2D eigenvalue weighted by Crippen LogP contribution is 2.16. The van der Waals surface area contributed by atoms with Gasteiger partial charge in [0, 0.05) is 19.3 Å². The van der Waals surface area contributed by atoms with Crippen LogP contribution < -0.4 is 0 Å². The number of rotatable bonds is 57. The summed E-state index contributed by atoms with van der Waals surface area (Å²) in [6.07, 6.45) is 94.3. The molecule has 6 heteroatoms. The van der Waals surface area contributed by atoms with Crippen molar-refractivity contribution in [2.75, 3.05) is 13.2 Å². The Bertz CT molecular complexity index is 1730. The molecule has 0 amide bonds. The first-order valence-electron chi connectivity index (χ1n) is 32.3. The van der Waals surface area contributed by atoms with Gasteiger partial charge < -0.3 is 14.2 Å². The van der Waals surface area contributed by atoms with E-state index in [9.17, 15) is 14.4 Å². The van der Waals surface area contributed by atoms with E-state index >= 15 is 0 Å². The van der Waals surface area contributed by atoms with Crippen LogP contribution in [-0.2, 0) is 28.6 Å². The molecule has 0 heterocycles. The number of carbonyl (C=O) groups excluding carboxylic acids is 3. The Morgan fingerprint density at radius 3 is 0.823 bits per heavy atom. The molecule has 0 saturated carbocycles. The fourth-order valence-corrected chi connectivity index (χ4v) is 8.59. The molecule has 1 atom stereocenters. The average molecular weight is 1090 g/mol. The molecule has 0 fully saturated rings. The van der Waals surface area contributed by atoms with E-state index < -0.39 is 12.1 Å². The third-order valence-corrected chi connectivity index (χ3v) is 13.4. The van der Waals surface area contributed by atoms with Gasteiger partial charge in [-0.1, -0.05) is 295 Å². The normalized spacial score (nSPS) is 13.1. The van der Waals surface area contributed by atoms with Gasteiger partial charge in [-0.15, -0.1) is 0 Å². The van der Waals surface area contributed by atoms with Crippen LogP contribution >= 0.6 is 0 Å². The molecule has 0 spiro atoms. The number of carbonyl (C=O) groups is 3. The van der Waals surface area contributed by atoms with Crippen LogP contribution in [0.4, 0.5) is 0 Å².